The third kappa shape index (κ3) is 7.93. The number of carbonyl (C=O) groups is 2. The smallest absolute Gasteiger partial charge is 0.320 e. The van der Waals surface area contributed by atoms with Crippen LogP contribution in [0.4, 0.5) is 34.6 Å². The first-order valence-electron chi connectivity index (χ1n) is 18.5. The Bertz CT molecular complexity index is 3610. The van der Waals surface area contributed by atoms with Gasteiger partial charge in [-0.1, -0.05) is 54.1 Å². The van der Waals surface area contributed by atoms with Gasteiger partial charge in [0.1, 0.15) is 9.79 Å². The third-order valence-electron chi connectivity index (χ3n) is 10.2. The molecule has 23 heteroatoms. The minimum Gasteiger partial charge on any atom is -0.479 e. The van der Waals surface area contributed by atoms with E-state index in [1.165, 1.54) is 42.5 Å². The van der Waals surface area contributed by atoms with Gasteiger partial charge in [0.05, 0.1) is 33.1 Å². The number of aromatic nitrogens is 4. The number of anilines is 6. The molecule has 1 aliphatic carbocycles. The second kappa shape index (κ2) is 15.4. The molecule has 64 heavy (non-hydrogen) atoms. The van der Waals surface area contributed by atoms with Crippen molar-refractivity contribution >= 4 is 87.5 Å². The lowest BCUT2D eigenvalue weighted by atomic mass is 9.80. The highest BCUT2D eigenvalue weighted by molar-refractivity contribution is 7.87. The van der Waals surface area contributed by atoms with Gasteiger partial charge in [0.15, 0.2) is 11.6 Å². The molecule has 0 aliphatic heterocycles. The molecule has 0 amide bonds. The van der Waals surface area contributed by atoms with Crippen molar-refractivity contribution in [2.24, 2.45) is 0 Å². The van der Waals surface area contributed by atoms with E-state index in [1.54, 1.807) is 6.07 Å². The Hall–Kier alpha value is -7.41. The fourth-order valence-corrected chi connectivity index (χ4v) is 9.52. The Morgan fingerprint density at radius 1 is 0.625 bits per heavy atom. The number of pyridine rings is 1. The highest BCUT2D eigenvalue weighted by Crippen LogP contribution is 2.45. The summed E-state index contributed by atoms with van der Waals surface area (Å²) in [5.74, 6) is -2.41. The molecule has 0 radical (unpaired) electrons. The van der Waals surface area contributed by atoms with Crippen LogP contribution in [0.1, 0.15) is 48.5 Å². The first-order chi connectivity index (χ1) is 30.0. The predicted octanol–water partition coefficient (Wildman–Crippen LogP) is 5.76. The Balaban J connectivity index is 1.31. The van der Waals surface area contributed by atoms with Crippen LogP contribution >= 0.6 is 0 Å². The number of hydrogen-bond acceptors (Lipinski definition) is 16. The number of hydrogen-bond donors (Lipinski definition) is 8. The highest BCUT2D eigenvalue weighted by Gasteiger charge is 2.34. The highest BCUT2D eigenvalue weighted by atomic mass is 32.2. The van der Waals surface area contributed by atoms with E-state index in [0.29, 0.717) is 11.8 Å². The van der Waals surface area contributed by atoms with Crippen molar-refractivity contribution in [1.82, 2.24) is 19.9 Å². The standard InChI is InChI=1S/C41H31N7O13S3/c1-18-13-19(2)35(20(3)14-18)45-40-46-39(47-41(52)48-40)44-28-16-27(29(63(56,57)58)17-30(28)64(59,60)61)42-26-12-11-25-32-31(23-9-4-5-10-24(23)37(50)33(26)32)34(38(51)43-25)36(49)21-7-6-8-22(15-21)62(53,54)55/h4-17,42H,1-3H3,(H,43,51)(H,53,54,55)(H,56,57,58)(H,59,60,61)(H3,44,45,46,47,48,52). The maximum absolute atomic E-state index is 14.5. The molecule has 20 nitrogen and oxygen atoms in total. The van der Waals surface area contributed by atoms with Gasteiger partial charge in [0, 0.05) is 33.3 Å². The molecular weight excluding hydrogens is 895 g/mol. The molecule has 0 unspecified atom stereocenters. The van der Waals surface area contributed by atoms with E-state index in [-0.39, 0.29) is 50.4 Å². The zero-order valence-electron chi connectivity index (χ0n) is 33.1. The summed E-state index contributed by atoms with van der Waals surface area (Å²) in [5, 5.41) is 18.7. The van der Waals surface area contributed by atoms with Crippen molar-refractivity contribution in [3.63, 3.8) is 0 Å². The van der Waals surface area contributed by atoms with Gasteiger partial charge in [0.2, 0.25) is 11.9 Å². The molecule has 326 valence electrons. The molecule has 8 N–H and O–H groups in total. The van der Waals surface area contributed by atoms with Crippen LogP contribution < -0.4 is 21.5 Å². The van der Waals surface area contributed by atoms with Gasteiger partial charge in [-0.05, 0) is 73.9 Å². The average molecular weight is 926 g/mol. The predicted molar refractivity (Wildman–Crippen MR) is 231 cm³/mol. The molecule has 0 spiro atoms. The van der Waals surface area contributed by atoms with Crippen molar-refractivity contribution < 1.29 is 53.6 Å². The molecule has 2 heterocycles. The summed E-state index contributed by atoms with van der Waals surface area (Å²) in [5.41, 5.74) is -0.200. The fraction of sp³-hybridized carbons (Fsp3) is 0.0732. The van der Waals surface area contributed by atoms with E-state index in [9.17, 15) is 58.4 Å². The van der Waals surface area contributed by atoms with E-state index >= 15 is 0 Å². The van der Waals surface area contributed by atoms with Crippen molar-refractivity contribution in [3.8, 4) is 17.1 Å². The molecule has 0 fully saturated rings. The lowest BCUT2D eigenvalue weighted by molar-refractivity contribution is 0.102. The van der Waals surface area contributed by atoms with Gasteiger partial charge in [-0.25, -0.2) is 0 Å². The Morgan fingerprint density at radius 2 is 1.23 bits per heavy atom. The number of aryl methyl sites for hydroxylation is 3. The largest absolute Gasteiger partial charge is 0.479 e. The molecule has 8 rings (SSSR count). The van der Waals surface area contributed by atoms with Gasteiger partial charge in [-0.3, -0.25) is 28.0 Å². The number of fused-ring (bicyclic) bond motifs is 2. The lowest BCUT2D eigenvalue weighted by Gasteiger charge is -2.24. The van der Waals surface area contributed by atoms with Gasteiger partial charge < -0.3 is 26.0 Å². The van der Waals surface area contributed by atoms with Gasteiger partial charge in [0.25, 0.3) is 35.9 Å². The van der Waals surface area contributed by atoms with Gasteiger partial charge in [-0.2, -0.15) is 40.2 Å². The number of nitrogens with one attached hydrogen (secondary N) is 4. The molecule has 7 aromatic rings. The van der Waals surface area contributed by atoms with E-state index in [4.69, 9.17) is 0 Å². The number of nitrogens with zero attached hydrogens (tertiary/aromatic N) is 3. The molecule has 5 aromatic carbocycles. The zero-order chi connectivity index (χ0) is 46.2. The van der Waals surface area contributed by atoms with Crippen LogP contribution in [-0.2, 0) is 30.4 Å². The van der Waals surface area contributed by atoms with Crippen LogP contribution in [0.5, 0.6) is 6.01 Å². The average Bonchev–Trinajstić information content (AvgIpc) is 3.20. The maximum atomic E-state index is 14.5. The van der Waals surface area contributed by atoms with E-state index in [0.717, 1.165) is 34.9 Å². The first-order valence-corrected chi connectivity index (χ1v) is 22.8. The summed E-state index contributed by atoms with van der Waals surface area (Å²) in [6.45, 7) is 5.53. The minimum atomic E-state index is -5.37. The number of aromatic hydroxyl groups is 1. The minimum absolute atomic E-state index is 0.0222. The molecule has 2 aromatic heterocycles. The number of aromatic amines is 1. The normalized spacial score (nSPS) is 12.5. The van der Waals surface area contributed by atoms with Gasteiger partial charge >= 0.3 is 6.01 Å². The molecule has 0 saturated carbocycles. The monoisotopic (exact) mass is 925 g/mol. The van der Waals surface area contributed by atoms with Crippen LogP contribution in [0.15, 0.2) is 104 Å². The SMILES string of the molecule is Cc1cc(C)c(Nc2nc(O)nc(Nc3cc(Nc4ccc5[nH]c(=O)c(C(=O)c6cccc(S(=O)(=O)O)c6)c6c5c4C(=O)c4ccccc4-6)c(S(=O)(=O)O)cc3S(=O)(=O)O)n2)c(C)c1. The lowest BCUT2D eigenvalue weighted by Crippen LogP contribution is -2.24. The third-order valence-corrected chi connectivity index (χ3v) is 12.8. The Kier molecular flexibility index (Phi) is 10.4. The summed E-state index contributed by atoms with van der Waals surface area (Å²) >= 11 is 0. The molecule has 0 atom stereocenters. The van der Waals surface area contributed by atoms with Crippen molar-refractivity contribution in [1.29, 1.82) is 0 Å². The topological polar surface area (TPSA) is 325 Å². The van der Waals surface area contributed by atoms with Crippen molar-refractivity contribution in [2.45, 2.75) is 35.5 Å². The van der Waals surface area contributed by atoms with Gasteiger partial charge in [-0.15, -0.1) is 0 Å². The van der Waals surface area contributed by atoms with Crippen LogP contribution in [0.25, 0.3) is 22.0 Å². The van der Waals surface area contributed by atoms with Crippen LogP contribution in [0.3, 0.4) is 0 Å². The molecule has 0 saturated heterocycles. The van der Waals surface area contributed by atoms with E-state index in [2.05, 4.69) is 35.9 Å². The molecule has 0 bridgehead atoms. The molecular formula is C41H31N7O13S3. The zero-order valence-corrected chi connectivity index (χ0v) is 35.6. The number of rotatable bonds is 11. The van der Waals surface area contributed by atoms with Crippen LogP contribution in [0, 0.1) is 20.8 Å². The maximum Gasteiger partial charge on any atom is 0.320 e. The summed E-state index contributed by atoms with van der Waals surface area (Å²) in [4.78, 5) is 54.1. The Morgan fingerprint density at radius 3 is 1.86 bits per heavy atom. The number of benzene rings is 5. The summed E-state index contributed by atoms with van der Waals surface area (Å²) in [6.07, 6.45) is 0. The fourth-order valence-electron chi connectivity index (χ4n) is 7.61. The number of ketones is 2. The number of carbonyl (C=O) groups excluding carboxylic acids is 2. The summed E-state index contributed by atoms with van der Waals surface area (Å²) in [7, 11) is -15.5. The second-order valence-corrected chi connectivity index (χ2v) is 18.7. The van der Waals surface area contributed by atoms with Crippen molar-refractivity contribution in [2.75, 3.05) is 16.0 Å². The quantitative estimate of drug-likeness (QED) is 0.0565. The summed E-state index contributed by atoms with van der Waals surface area (Å²) in [6, 6.07) is 17.0. The second-order valence-electron chi connectivity index (χ2n) is 14.5. The Labute approximate surface area is 362 Å². The van der Waals surface area contributed by atoms with Crippen LogP contribution in [0.2, 0.25) is 0 Å². The first kappa shape index (κ1) is 43.2. The van der Waals surface area contributed by atoms with Crippen LogP contribution in [-0.4, -0.2) is 75.5 Å². The number of H-pyrrole nitrogens is 1. The van der Waals surface area contributed by atoms with E-state index in [1.807, 2.05) is 32.9 Å². The molecule has 1 aliphatic rings. The summed E-state index contributed by atoms with van der Waals surface area (Å²) < 4.78 is 106. The van der Waals surface area contributed by atoms with E-state index < -0.39 is 91.1 Å². The van der Waals surface area contributed by atoms with Crippen molar-refractivity contribution in [3.05, 3.63) is 134 Å².